The van der Waals surface area contributed by atoms with Gasteiger partial charge in [-0.25, -0.2) is 0 Å². The summed E-state index contributed by atoms with van der Waals surface area (Å²) in [4.78, 5) is 24.6. The highest BCUT2D eigenvalue weighted by Gasteiger charge is 2.31. The summed E-state index contributed by atoms with van der Waals surface area (Å²) in [6.07, 6.45) is 2.47. The molecule has 3 heteroatoms. The molecule has 25 heavy (non-hydrogen) atoms. The van der Waals surface area contributed by atoms with Crippen molar-refractivity contribution in [1.29, 1.82) is 0 Å². The molecule has 0 amide bonds. The third kappa shape index (κ3) is 5.02. The summed E-state index contributed by atoms with van der Waals surface area (Å²) >= 11 is 0. The van der Waals surface area contributed by atoms with E-state index in [2.05, 4.69) is 6.92 Å². The summed E-state index contributed by atoms with van der Waals surface area (Å²) in [7, 11) is 0. The number of rotatable bonds is 8. The number of ketones is 1. The van der Waals surface area contributed by atoms with Crippen LogP contribution in [-0.2, 0) is 21.6 Å². The number of carbonyl (C=O) groups excluding carboxylic acids is 2. The lowest BCUT2D eigenvalue weighted by Gasteiger charge is -2.23. The van der Waals surface area contributed by atoms with Crippen molar-refractivity contribution in [2.24, 2.45) is 0 Å². The molecule has 0 aliphatic rings. The van der Waals surface area contributed by atoms with Crippen LogP contribution in [0.2, 0.25) is 0 Å². The largest absolute Gasteiger partial charge is 0.460 e. The first-order valence-electron chi connectivity index (χ1n) is 8.80. The molecule has 3 nitrogen and oxygen atoms in total. The fourth-order valence-electron chi connectivity index (χ4n) is 2.58. The van der Waals surface area contributed by atoms with E-state index in [0.29, 0.717) is 12.0 Å². The zero-order chi connectivity index (χ0) is 18.3. The van der Waals surface area contributed by atoms with E-state index in [9.17, 15) is 9.59 Å². The van der Waals surface area contributed by atoms with Crippen LogP contribution in [0.25, 0.3) is 0 Å². The molecule has 0 aliphatic carbocycles. The Morgan fingerprint density at radius 2 is 1.60 bits per heavy atom. The smallest absolute Gasteiger partial charge is 0.316 e. The third-order valence-corrected chi connectivity index (χ3v) is 4.41. The average Bonchev–Trinajstić information content (AvgIpc) is 2.65. The Balaban J connectivity index is 2.02. The maximum absolute atomic E-state index is 12.5. The lowest BCUT2D eigenvalue weighted by molar-refractivity contribution is -0.150. The molecule has 0 spiro atoms. The Kier molecular flexibility index (Phi) is 6.51. The highest BCUT2D eigenvalue weighted by atomic mass is 16.5. The van der Waals surface area contributed by atoms with E-state index in [-0.39, 0.29) is 18.4 Å². The molecule has 0 atom stereocenters. The molecule has 0 fully saturated rings. The van der Waals surface area contributed by atoms with Gasteiger partial charge in [0.1, 0.15) is 6.61 Å². The fourth-order valence-corrected chi connectivity index (χ4v) is 2.58. The lowest BCUT2D eigenvalue weighted by atomic mass is 9.84. The van der Waals surface area contributed by atoms with Crippen molar-refractivity contribution in [3.8, 4) is 0 Å². The van der Waals surface area contributed by atoms with Crippen molar-refractivity contribution in [3.63, 3.8) is 0 Å². The van der Waals surface area contributed by atoms with Gasteiger partial charge in [-0.2, -0.15) is 0 Å². The normalized spacial score (nSPS) is 11.2. The van der Waals surface area contributed by atoms with Crippen LogP contribution in [0, 0.1) is 0 Å². The van der Waals surface area contributed by atoms with E-state index in [0.717, 1.165) is 24.0 Å². The fraction of sp³-hybridized carbons (Fsp3) is 0.364. The van der Waals surface area contributed by atoms with Crippen LogP contribution >= 0.6 is 0 Å². The molecule has 0 aliphatic heterocycles. The summed E-state index contributed by atoms with van der Waals surface area (Å²) in [5, 5.41) is 0. The zero-order valence-corrected chi connectivity index (χ0v) is 15.2. The maximum Gasteiger partial charge on any atom is 0.316 e. The number of benzene rings is 2. The number of carbonyl (C=O) groups is 2. The molecule has 0 heterocycles. The predicted octanol–water partition coefficient (Wildman–Crippen LogP) is 5.08. The van der Waals surface area contributed by atoms with Crippen molar-refractivity contribution in [1.82, 2.24) is 0 Å². The summed E-state index contributed by atoms with van der Waals surface area (Å²) in [6, 6.07) is 16.9. The minimum absolute atomic E-state index is 0.151. The van der Waals surface area contributed by atoms with Crippen LogP contribution < -0.4 is 0 Å². The quantitative estimate of drug-likeness (QED) is 0.498. The number of ether oxygens (including phenoxy) is 1. The number of esters is 1. The van der Waals surface area contributed by atoms with Gasteiger partial charge in [-0.05, 0) is 31.4 Å². The summed E-state index contributed by atoms with van der Waals surface area (Å²) in [5.41, 5.74) is 1.74. The van der Waals surface area contributed by atoms with Gasteiger partial charge in [-0.3, -0.25) is 9.59 Å². The Bertz CT molecular complexity index is 700. The molecule has 0 saturated carbocycles. The Hall–Kier alpha value is -2.42. The molecule has 0 aromatic heterocycles. The van der Waals surface area contributed by atoms with Gasteiger partial charge in [-0.15, -0.1) is 0 Å². The number of hydrogen-bond acceptors (Lipinski definition) is 3. The second-order valence-electron chi connectivity index (χ2n) is 6.79. The summed E-state index contributed by atoms with van der Waals surface area (Å²) in [5.74, 6) is -0.126. The van der Waals surface area contributed by atoms with Crippen LogP contribution in [0.3, 0.4) is 0 Å². The first-order valence-corrected chi connectivity index (χ1v) is 8.80. The second-order valence-corrected chi connectivity index (χ2v) is 6.79. The van der Waals surface area contributed by atoms with Crippen molar-refractivity contribution in [2.75, 3.05) is 0 Å². The average molecular weight is 338 g/mol. The van der Waals surface area contributed by atoms with Gasteiger partial charge in [0.15, 0.2) is 5.78 Å². The Morgan fingerprint density at radius 3 is 2.20 bits per heavy atom. The highest BCUT2D eigenvalue weighted by molar-refractivity contribution is 5.96. The van der Waals surface area contributed by atoms with Gasteiger partial charge in [0, 0.05) is 12.0 Å². The number of Topliss-reactive ketones (excluding diaryl/α,β-unsaturated/α-hetero) is 1. The number of unbranched alkanes of at least 4 members (excludes halogenated alkanes) is 1. The zero-order valence-electron chi connectivity index (χ0n) is 15.2. The van der Waals surface area contributed by atoms with Gasteiger partial charge in [0.05, 0.1) is 5.41 Å². The van der Waals surface area contributed by atoms with Crippen LogP contribution in [0.1, 0.15) is 61.5 Å². The topological polar surface area (TPSA) is 43.4 Å². The van der Waals surface area contributed by atoms with E-state index in [1.165, 1.54) is 0 Å². The molecule has 0 N–H and O–H groups in total. The number of hydrogen-bond donors (Lipinski definition) is 0. The van der Waals surface area contributed by atoms with Gasteiger partial charge >= 0.3 is 5.97 Å². The molecule has 2 rings (SSSR count). The van der Waals surface area contributed by atoms with Gasteiger partial charge < -0.3 is 4.74 Å². The Labute approximate surface area is 150 Å². The van der Waals surface area contributed by atoms with E-state index in [1.807, 2.05) is 56.3 Å². The van der Waals surface area contributed by atoms with Crippen LogP contribution in [-0.4, -0.2) is 11.8 Å². The highest BCUT2D eigenvalue weighted by Crippen LogP contribution is 2.26. The first kappa shape index (κ1) is 18.9. The van der Waals surface area contributed by atoms with Gasteiger partial charge in [0.2, 0.25) is 0 Å². The third-order valence-electron chi connectivity index (χ3n) is 4.41. The van der Waals surface area contributed by atoms with E-state index < -0.39 is 5.41 Å². The SMILES string of the molecule is CCCCC(=O)c1ccc(C(C)(C)C(=O)OCc2ccccc2)cc1. The Morgan fingerprint density at radius 1 is 0.960 bits per heavy atom. The van der Waals surface area contributed by atoms with E-state index in [1.54, 1.807) is 12.1 Å². The van der Waals surface area contributed by atoms with Gasteiger partial charge in [-0.1, -0.05) is 67.9 Å². The molecule has 132 valence electrons. The van der Waals surface area contributed by atoms with Crippen molar-refractivity contribution in [3.05, 3.63) is 71.3 Å². The maximum atomic E-state index is 12.5. The molecular formula is C22H26O3. The van der Waals surface area contributed by atoms with Crippen LogP contribution in [0.5, 0.6) is 0 Å². The first-order chi connectivity index (χ1) is 11.9. The van der Waals surface area contributed by atoms with E-state index >= 15 is 0 Å². The molecule has 0 radical (unpaired) electrons. The molecule has 0 bridgehead atoms. The van der Waals surface area contributed by atoms with Crippen molar-refractivity contribution < 1.29 is 14.3 Å². The predicted molar refractivity (Wildman–Crippen MR) is 99.6 cm³/mol. The summed E-state index contributed by atoms with van der Waals surface area (Å²) < 4.78 is 5.47. The minimum atomic E-state index is -0.764. The molecule has 0 saturated heterocycles. The minimum Gasteiger partial charge on any atom is -0.460 e. The monoisotopic (exact) mass is 338 g/mol. The summed E-state index contributed by atoms with van der Waals surface area (Å²) in [6.45, 7) is 6.01. The van der Waals surface area contributed by atoms with Crippen LogP contribution in [0.4, 0.5) is 0 Å². The van der Waals surface area contributed by atoms with Gasteiger partial charge in [0.25, 0.3) is 0 Å². The van der Waals surface area contributed by atoms with Crippen molar-refractivity contribution >= 4 is 11.8 Å². The lowest BCUT2D eigenvalue weighted by Crippen LogP contribution is -2.31. The standard InChI is InChI=1S/C22H26O3/c1-4-5-11-20(23)18-12-14-19(15-13-18)22(2,3)21(24)25-16-17-9-7-6-8-10-17/h6-10,12-15H,4-5,11,16H2,1-3H3. The molecular weight excluding hydrogens is 312 g/mol. The molecule has 0 unspecified atom stereocenters. The molecule has 2 aromatic carbocycles. The molecule has 2 aromatic rings. The second kappa shape index (κ2) is 8.61. The van der Waals surface area contributed by atoms with E-state index in [4.69, 9.17) is 4.74 Å². The van der Waals surface area contributed by atoms with Crippen LogP contribution in [0.15, 0.2) is 54.6 Å². The van der Waals surface area contributed by atoms with Crippen molar-refractivity contribution in [2.45, 2.75) is 52.1 Å².